The molecule has 0 atom stereocenters. The van der Waals surface area contributed by atoms with E-state index in [2.05, 4.69) is 0 Å². The van der Waals surface area contributed by atoms with E-state index < -0.39 is 0 Å². The normalized spacial score (nSPS) is 10.4. The van der Waals surface area contributed by atoms with Crippen molar-refractivity contribution in [1.29, 1.82) is 0 Å². The van der Waals surface area contributed by atoms with Crippen LogP contribution in [0.15, 0.2) is 36.4 Å². The maximum atomic E-state index is 9.64. The molecule has 2 rings (SSSR count). The lowest BCUT2D eigenvalue weighted by Crippen LogP contribution is -1.97. The molecule has 3 nitrogen and oxygen atoms in total. The maximum absolute atomic E-state index is 9.64. The standard InChI is InChI=1S/C11H12N2O/c1-13-9(6-7-11(13)12)8-4-2-3-5-10(8)14/h2-7,14H,12H2,1H3. The second kappa shape index (κ2) is 3.10. The summed E-state index contributed by atoms with van der Waals surface area (Å²) in [6, 6.07) is 10.9. The Balaban J connectivity index is 2.60. The van der Waals surface area contributed by atoms with Gasteiger partial charge in [-0.25, -0.2) is 0 Å². The Morgan fingerprint density at radius 3 is 2.43 bits per heavy atom. The van der Waals surface area contributed by atoms with Crippen LogP contribution < -0.4 is 5.73 Å². The van der Waals surface area contributed by atoms with Crippen LogP contribution in [0.25, 0.3) is 11.3 Å². The number of benzene rings is 1. The van der Waals surface area contributed by atoms with E-state index in [0.717, 1.165) is 11.3 Å². The van der Waals surface area contributed by atoms with Crippen LogP contribution in [0.2, 0.25) is 0 Å². The van der Waals surface area contributed by atoms with E-state index in [1.54, 1.807) is 12.1 Å². The summed E-state index contributed by atoms with van der Waals surface area (Å²) in [6.45, 7) is 0. The summed E-state index contributed by atoms with van der Waals surface area (Å²) in [5, 5.41) is 9.64. The van der Waals surface area contributed by atoms with Crippen LogP contribution in [-0.2, 0) is 7.05 Å². The van der Waals surface area contributed by atoms with Crippen molar-refractivity contribution in [3.63, 3.8) is 0 Å². The van der Waals surface area contributed by atoms with Gasteiger partial charge in [-0.3, -0.25) is 0 Å². The molecule has 3 heteroatoms. The first-order chi connectivity index (χ1) is 6.70. The highest BCUT2D eigenvalue weighted by Crippen LogP contribution is 2.29. The summed E-state index contributed by atoms with van der Waals surface area (Å²) in [5.41, 5.74) is 7.42. The first kappa shape index (κ1) is 8.69. The van der Waals surface area contributed by atoms with Crippen molar-refractivity contribution < 1.29 is 5.11 Å². The van der Waals surface area contributed by atoms with Crippen LogP contribution in [0.5, 0.6) is 5.75 Å². The van der Waals surface area contributed by atoms with Crippen molar-refractivity contribution in [2.75, 3.05) is 5.73 Å². The van der Waals surface area contributed by atoms with Gasteiger partial charge in [-0.05, 0) is 24.3 Å². The summed E-state index contributed by atoms with van der Waals surface area (Å²) < 4.78 is 1.84. The topological polar surface area (TPSA) is 51.2 Å². The van der Waals surface area contributed by atoms with Crippen molar-refractivity contribution in [3.05, 3.63) is 36.4 Å². The van der Waals surface area contributed by atoms with Gasteiger partial charge in [-0.15, -0.1) is 0 Å². The van der Waals surface area contributed by atoms with Crippen LogP contribution >= 0.6 is 0 Å². The Morgan fingerprint density at radius 1 is 1.14 bits per heavy atom. The molecule has 0 spiro atoms. The third-order valence-electron chi connectivity index (χ3n) is 2.34. The molecular formula is C11H12N2O. The molecule has 1 aromatic heterocycles. The van der Waals surface area contributed by atoms with Gasteiger partial charge in [0, 0.05) is 12.6 Å². The van der Waals surface area contributed by atoms with Crippen LogP contribution in [0.1, 0.15) is 0 Å². The molecule has 0 bridgehead atoms. The zero-order valence-electron chi connectivity index (χ0n) is 7.94. The fourth-order valence-corrected chi connectivity index (χ4v) is 1.49. The number of aromatic nitrogens is 1. The summed E-state index contributed by atoms with van der Waals surface area (Å²) in [5.74, 6) is 0.956. The minimum Gasteiger partial charge on any atom is -0.507 e. The van der Waals surface area contributed by atoms with E-state index in [9.17, 15) is 5.11 Å². The number of para-hydroxylation sites is 1. The van der Waals surface area contributed by atoms with Gasteiger partial charge in [0.2, 0.25) is 0 Å². The lowest BCUT2D eigenvalue weighted by molar-refractivity contribution is 0.477. The number of aromatic hydroxyl groups is 1. The number of rotatable bonds is 1. The second-order valence-corrected chi connectivity index (χ2v) is 3.22. The van der Waals surface area contributed by atoms with Crippen LogP contribution in [0, 0.1) is 0 Å². The molecule has 0 aliphatic carbocycles. The van der Waals surface area contributed by atoms with Gasteiger partial charge in [-0.2, -0.15) is 0 Å². The van der Waals surface area contributed by atoms with Crippen molar-refractivity contribution >= 4 is 5.82 Å². The monoisotopic (exact) mass is 188 g/mol. The first-order valence-electron chi connectivity index (χ1n) is 4.39. The molecule has 72 valence electrons. The molecule has 0 radical (unpaired) electrons. The highest BCUT2D eigenvalue weighted by atomic mass is 16.3. The Labute approximate surface area is 82.4 Å². The number of phenolic OH excluding ortho intramolecular Hbond substituents is 1. The number of nitrogen functional groups attached to an aromatic ring is 1. The van der Waals surface area contributed by atoms with Crippen LogP contribution in [0.4, 0.5) is 5.82 Å². The number of nitrogens with two attached hydrogens (primary N) is 1. The lowest BCUT2D eigenvalue weighted by atomic mass is 10.1. The fraction of sp³-hybridized carbons (Fsp3) is 0.0909. The zero-order valence-corrected chi connectivity index (χ0v) is 7.94. The Bertz CT molecular complexity index is 460. The molecule has 14 heavy (non-hydrogen) atoms. The number of anilines is 1. The van der Waals surface area contributed by atoms with Gasteiger partial charge in [0.25, 0.3) is 0 Å². The maximum Gasteiger partial charge on any atom is 0.124 e. The molecule has 0 aliphatic rings. The highest BCUT2D eigenvalue weighted by Gasteiger charge is 2.07. The van der Waals surface area contributed by atoms with E-state index in [-0.39, 0.29) is 5.75 Å². The SMILES string of the molecule is Cn1c(N)ccc1-c1ccccc1O. The number of phenols is 1. The summed E-state index contributed by atoms with van der Waals surface area (Å²) in [7, 11) is 1.87. The molecule has 3 N–H and O–H groups in total. The Kier molecular flexibility index (Phi) is 1.93. The first-order valence-corrected chi connectivity index (χ1v) is 4.39. The average Bonchev–Trinajstić information content (AvgIpc) is 2.49. The van der Waals surface area contributed by atoms with Gasteiger partial charge in [0.15, 0.2) is 0 Å². The smallest absolute Gasteiger partial charge is 0.124 e. The molecular weight excluding hydrogens is 176 g/mol. The minimum atomic E-state index is 0.272. The molecule has 2 aromatic rings. The molecule has 1 aromatic carbocycles. The molecule has 0 unspecified atom stereocenters. The average molecular weight is 188 g/mol. The number of hydrogen-bond donors (Lipinski definition) is 2. The van der Waals surface area contributed by atoms with Gasteiger partial charge < -0.3 is 15.4 Å². The molecule has 0 aliphatic heterocycles. The molecule has 1 heterocycles. The van der Waals surface area contributed by atoms with E-state index in [1.165, 1.54) is 0 Å². The fourth-order valence-electron chi connectivity index (χ4n) is 1.49. The predicted molar refractivity (Wildman–Crippen MR) is 56.9 cm³/mol. The molecule has 0 amide bonds. The largest absolute Gasteiger partial charge is 0.507 e. The van der Waals surface area contributed by atoms with E-state index >= 15 is 0 Å². The number of hydrogen-bond acceptors (Lipinski definition) is 2. The van der Waals surface area contributed by atoms with E-state index in [0.29, 0.717) is 5.82 Å². The molecule has 0 saturated carbocycles. The van der Waals surface area contributed by atoms with E-state index in [1.807, 2.05) is 35.9 Å². The third-order valence-corrected chi connectivity index (χ3v) is 2.34. The summed E-state index contributed by atoms with van der Waals surface area (Å²) in [4.78, 5) is 0. The van der Waals surface area contributed by atoms with Crippen molar-refractivity contribution in [2.24, 2.45) is 7.05 Å². The quantitative estimate of drug-likeness (QED) is 0.719. The van der Waals surface area contributed by atoms with Gasteiger partial charge in [-0.1, -0.05) is 12.1 Å². The zero-order chi connectivity index (χ0) is 10.1. The predicted octanol–water partition coefficient (Wildman–Crippen LogP) is 1.98. The van der Waals surface area contributed by atoms with Gasteiger partial charge in [0.1, 0.15) is 11.6 Å². The van der Waals surface area contributed by atoms with Gasteiger partial charge in [0.05, 0.1) is 5.69 Å². The second-order valence-electron chi connectivity index (χ2n) is 3.22. The summed E-state index contributed by atoms with van der Waals surface area (Å²) >= 11 is 0. The molecule has 0 fully saturated rings. The van der Waals surface area contributed by atoms with E-state index in [4.69, 9.17) is 5.73 Å². The lowest BCUT2D eigenvalue weighted by Gasteiger charge is -2.06. The van der Waals surface area contributed by atoms with Crippen molar-refractivity contribution in [3.8, 4) is 17.0 Å². The van der Waals surface area contributed by atoms with Crippen LogP contribution in [-0.4, -0.2) is 9.67 Å². The van der Waals surface area contributed by atoms with Crippen LogP contribution in [0.3, 0.4) is 0 Å². The minimum absolute atomic E-state index is 0.272. The Hall–Kier alpha value is -1.90. The molecule has 0 saturated heterocycles. The Morgan fingerprint density at radius 2 is 1.86 bits per heavy atom. The third kappa shape index (κ3) is 1.23. The van der Waals surface area contributed by atoms with Gasteiger partial charge >= 0.3 is 0 Å². The van der Waals surface area contributed by atoms with Crippen molar-refractivity contribution in [1.82, 2.24) is 4.57 Å². The number of nitrogens with zero attached hydrogens (tertiary/aromatic N) is 1. The van der Waals surface area contributed by atoms with Crippen molar-refractivity contribution in [2.45, 2.75) is 0 Å². The summed E-state index contributed by atoms with van der Waals surface area (Å²) in [6.07, 6.45) is 0. The highest BCUT2D eigenvalue weighted by molar-refractivity contribution is 5.69.